The predicted molar refractivity (Wildman–Crippen MR) is 115 cm³/mol. The molecule has 0 aromatic rings. The summed E-state index contributed by atoms with van der Waals surface area (Å²) in [5, 5.41) is 0. The highest BCUT2D eigenvalue weighted by Crippen LogP contribution is 2.54. The highest BCUT2D eigenvalue weighted by Gasteiger charge is 2.46. The van der Waals surface area contributed by atoms with Crippen LogP contribution in [0.4, 0.5) is 0 Å². The zero-order valence-electron chi connectivity index (χ0n) is 19.6. The van der Waals surface area contributed by atoms with Gasteiger partial charge in [-0.15, -0.1) is 0 Å². The Morgan fingerprint density at radius 1 is 0.840 bits per heavy atom. The lowest BCUT2D eigenvalue weighted by molar-refractivity contribution is 0.154. The molecule has 0 heteroatoms. The standard InChI is InChI=1S/C25H50/c1-12-22(19(6)13-14-24(8,9)17(2)3)20(7)23-15-21(23)16-25(10,11)18(4)5/h17-23H,12-16H2,1-11H3. The highest BCUT2D eigenvalue weighted by molar-refractivity contribution is 4.95. The maximum atomic E-state index is 2.57. The first-order valence-corrected chi connectivity index (χ1v) is 11.3. The van der Waals surface area contributed by atoms with Crippen molar-refractivity contribution in [3.05, 3.63) is 0 Å². The van der Waals surface area contributed by atoms with Gasteiger partial charge in [-0.25, -0.2) is 0 Å². The van der Waals surface area contributed by atoms with E-state index in [-0.39, 0.29) is 0 Å². The van der Waals surface area contributed by atoms with Crippen molar-refractivity contribution < 1.29 is 0 Å². The Morgan fingerprint density at radius 3 is 1.80 bits per heavy atom. The minimum Gasteiger partial charge on any atom is -0.0651 e. The van der Waals surface area contributed by atoms with Gasteiger partial charge in [0.1, 0.15) is 0 Å². The second-order valence-electron chi connectivity index (χ2n) is 11.6. The molecule has 0 aromatic carbocycles. The molecule has 1 rings (SSSR count). The molecule has 0 saturated heterocycles. The summed E-state index contributed by atoms with van der Waals surface area (Å²) in [5.41, 5.74) is 0.993. The van der Waals surface area contributed by atoms with E-state index in [1.807, 2.05) is 0 Å². The molecule has 0 spiro atoms. The van der Waals surface area contributed by atoms with Crippen molar-refractivity contribution in [2.24, 2.45) is 52.3 Å². The molecule has 0 N–H and O–H groups in total. The van der Waals surface area contributed by atoms with E-state index in [9.17, 15) is 0 Å². The normalized spacial score (nSPS) is 25.3. The maximum Gasteiger partial charge on any atom is -0.0328 e. The smallest absolute Gasteiger partial charge is 0.0328 e. The van der Waals surface area contributed by atoms with Crippen molar-refractivity contribution in [2.75, 3.05) is 0 Å². The Balaban J connectivity index is 2.57. The van der Waals surface area contributed by atoms with Crippen LogP contribution in [0.25, 0.3) is 0 Å². The van der Waals surface area contributed by atoms with Gasteiger partial charge in [0.25, 0.3) is 0 Å². The Bertz CT molecular complexity index is 387. The zero-order valence-corrected chi connectivity index (χ0v) is 19.6. The van der Waals surface area contributed by atoms with Crippen LogP contribution in [0.2, 0.25) is 0 Å². The number of rotatable bonds is 11. The van der Waals surface area contributed by atoms with E-state index in [1.54, 1.807) is 0 Å². The molecule has 0 radical (unpaired) electrons. The molecule has 1 saturated carbocycles. The van der Waals surface area contributed by atoms with Gasteiger partial charge in [0.2, 0.25) is 0 Å². The average Bonchev–Trinajstić information content (AvgIpc) is 3.23. The van der Waals surface area contributed by atoms with Gasteiger partial charge in [-0.3, -0.25) is 0 Å². The molecule has 0 nitrogen and oxygen atoms in total. The van der Waals surface area contributed by atoms with E-state index in [0.717, 1.165) is 41.4 Å². The average molecular weight is 351 g/mol. The maximum absolute atomic E-state index is 2.57. The fourth-order valence-electron chi connectivity index (χ4n) is 4.77. The van der Waals surface area contributed by atoms with Gasteiger partial charge in [-0.05, 0) is 77.9 Å². The number of hydrogen-bond acceptors (Lipinski definition) is 0. The summed E-state index contributed by atoms with van der Waals surface area (Å²) in [4.78, 5) is 0. The van der Waals surface area contributed by atoms with Crippen molar-refractivity contribution in [2.45, 2.75) is 108 Å². The van der Waals surface area contributed by atoms with Crippen LogP contribution >= 0.6 is 0 Å². The lowest BCUT2D eigenvalue weighted by Crippen LogP contribution is -2.26. The first-order valence-electron chi connectivity index (χ1n) is 11.3. The van der Waals surface area contributed by atoms with Crippen LogP contribution in [0.1, 0.15) is 108 Å². The summed E-state index contributed by atoms with van der Waals surface area (Å²) in [7, 11) is 0. The third-order valence-corrected chi connectivity index (χ3v) is 8.69. The van der Waals surface area contributed by atoms with Crippen LogP contribution in [0.15, 0.2) is 0 Å². The minimum absolute atomic E-state index is 0.485. The van der Waals surface area contributed by atoms with Gasteiger partial charge >= 0.3 is 0 Å². The Labute approximate surface area is 160 Å². The van der Waals surface area contributed by atoms with Crippen LogP contribution in [-0.4, -0.2) is 0 Å². The largest absolute Gasteiger partial charge is 0.0651 e. The lowest BCUT2D eigenvalue weighted by atomic mass is 9.71. The molecule has 0 aliphatic heterocycles. The third kappa shape index (κ3) is 6.28. The summed E-state index contributed by atoms with van der Waals surface area (Å²) in [5.74, 6) is 6.28. The second-order valence-corrected chi connectivity index (χ2v) is 11.6. The van der Waals surface area contributed by atoms with Crippen LogP contribution in [0.3, 0.4) is 0 Å². The molecule has 0 heterocycles. The van der Waals surface area contributed by atoms with Crippen molar-refractivity contribution in [3.63, 3.8) is 0 Å². The second kappa shape index (κ2) is 8.79. The van der Waals surface area contributed by atoms with Gasteiger partial charge < -0.3 is 0 Å². The lowest BCUT2D eigenvalue weighted by Gasteiger charge is -2.35. The highest BCUT2D eigenvalue weighted by atomic mass is 14.5. The van der Waals surface area contributed by atoms with Crippen molar-refractivity contribution in [1.29, 1.82) is 0 Å². The van der Waals surface area contributed by atoms with Crippen LogP contribution in [0.5, 0.6) is 0 Å². The predicted octanol–water partition coefficient (Wildman–Crippen LogP) is 8.46. The molecule has 25 heavy (non-hydrogen) atoms. The summed E-state index contributed by atoms with van der Waals surface area (Å²) in [6.07, 6.45) is 7.08. The topological polar surface area (TPSA) is 0 Å². The SMILES string of the molecule is CCC(C(C)CCC(C)(C)C(C)C)C(C)C1CC1CC(C)(C)C(C)C. The van der Waals surface area contributed by atoms with Crippen LogP contribution < -0.4 is 0 Å². The Kier molecular flexibility index (Phi) is 8.10. The van der Waals surface area contributed by atoms with E-state index in [0.29, 0.717) is 10.8 Å². The first-order chi connectivity index (χ1) is 11.3. The Morgan fingerprint density at radius 2 is 1.36 bits per heavy atom. The first kappa shape index (κ1) is 23.0. The molecule has 0 bridgehead atoms. The van der Waals surface area contributed by atoms with Gasteiger partial charge in [0, 0.05) is 0 Å². The minimum atomic E-state index is 0.485. The quantitative estimate of drug-likeness (QED) is 0.350. The molecule has 0 aromatic heterocycles. The monoisotopic (exact) mass is 350 g/mol. The molecule has 0 amide bonds. The molecule has 5 atom stereocenters. The number of hydrogen-bond donors (Lipinski definition) is 0. The molecule has 1 aliphatic rings. The molecular formula is C25H50. The van der Waals surface area contributed by atoms with E-state index < -0.39 is 0 Å². The molecule has 1 fully saturated rings. The summed E-state index contributed by atoms with van der Waals surface area (Å²) in [6.45, 7) is 27.0. The van der Waals surface area contributed by atoms with E-state index in [1.165, 1.54) is 32.1 Å². The summed E-state index contributed by atoms with van der Waals surface area (Å²) < 4.78 is 0. The van der Waals surface area contributed by atoms with Gasteiger partial charge in [0.15, 0.2) is 0 Å². The van der Waals surface area contributed by atoms with Crippen LogP contribution in [-0.2, 0) is 0 Å². The van der Waals surface area contributed by atoms with Gasteiger partial charge in [0.05, 0.1) is 0 Å². The van der Waals surface area contributed by atoms with E-state index in [2.05, 4.69) is 76.2 Å². The third-order valence-electron chi connectivity index (χ3n) is 8.69. The molecule has 5 unspecified atom stereocenters. The van der Waals surface area contributed by atoms with Gasteiger partial charge in [-0.2, -0.15) is 0 Å². The summed E-state index contributed by atoms with van der Waals surface area (Å²) >= 11 is 0. The molecule has 150 valence electrons. The fraction of sp³-hybridized carbons (Fsp3) is 1.00. The van der Waals surface area contributed by atoms with Crippen molar-refractivity contribution in [3.8, 4) is 0 Å². The van der Waals surface area contributed by atoms with E-state index >= 15 is 0 Å². The van der Waals surface area contributed by atoms with Crippen molar-refractivity contribution in [1.82, 2.24) is 0 Å². The van der Waals surface area contributed by atoms with Crippen LogP contribution in [0, 0.1) is 52.3 Å². The van der Waals surface area contributed by atoms with E-state index in [4.69, 9.17) is 0 Å². The molecular weight excluding hydrogens is 300 g/mol. The van der Waals surface area contributed by atoms with Crippen molar-refractivity contribution >= 4 is 0 Å². The molecule has 1 aliphatic carbocycles. The Hall–Kier alpha value is 0. The fourth-order valence-corrected chi connectivity index (χ4v) is 4.77. The zero-order chi connectivity index (χ0) is 19.6. The van der Waals surface area contributed by atoms with Gasteiger partial charge in [-0.1, -0.05) is 82.6 Å². The summed E-state index contributed by atoms with van der Waals surface area (Å²) in [6, 6.07) is 0.